The van der Waals surface area contributed by atoms with Crippen molar-refractivity contribution in [3.63, 3.8) is 0 Å². The fourth-order valence-corrected chi connectivity index (χ4v) is 4.28. The van der Waals surface area contributed by atoms with Gasteiger partial charge < -0.3 is 0 Å². The first-order valence-electron chi connectivity index (χ1n) is 9.74. The standard InChI is InChI=1S/C20H26N4O2/c25-19(23-21-17-11-13-5-3-7-15(13)17)9-1-2-10-20(26)24-22-18-12-14-6-4-8-16(14)18/h3-6,13-16H,1-2,7-12H2,(H,23,25)(H,24,26)/b21-17-,22-18+/t13-,14-,15+,16+/m1/s1. The number of allylic oxidation sites excluding steroid dienone is 4. The lowest BCUT2D eigenvalue weighted by atomic mass is 9.74. The molecular weight excluding hydrogens is 328 g/mol. The van der Waals surface area contributed by atoms with Crippen molar-refractivity contribution in [2.75, 3.05) is 0 Å². The van der Waals surface area contributed by atoms with Crippen LogP contribution < -0.4 is 10.9 Å². The number of amides is 2. The Morgan fingerprint density at radius 2 is 1.31 bits per heavy atom. The Hall–Kier alpha value is -2.24. The van der Waals surface area contributed by atoms with Crippen LogP contribution in [0.2, 0.25) is 0 Å². The zero-order valence-electron chi connectivity index (χ0n) is 15.0. The predicted molar refractivity (Wildman–Crippen MR) is 100 cm³/mol. The van der Waals surface area contributed by atoms with Crippen molar-refractivity contribution in [1.82, 2.24) is 10.9 Å². The monoisotopic (exact) mass is 354 g/mol. The van der Waals surface area contributed by atoms with Gasteiger partial charge in [-0.1, -0.05) is 24.3 Å². The predicted octanol–water partition coefficient (Wildman–Crippen LogP) is 2.68. The van der Waals surface area contributed by atoms with E-state index in [9.17, 15) is 9.59 Å². The number of nitrogens with zero attached hydrogens (tertiary/aromatic N) is 2. The van der Waals surface area contributed by atoms with Crippen molar-refractivity contribution < 1.29 is 9.59 Å². The van der Waals surface area contributed by atoms with Crippen LogP contribution in [0.5, 0.6) is 0 Å². The van der Waals surface area contributed by atoms with E-state index < -0.39 is 0 Å². The highest BCUT2D eigenvalue weighted by Gasteiger charge is 2.38. The molecule has 0 aromatic heterocycles. The van der Waals surface area contributed by atoms with Gasteiger partial charge in [0.15, 0.2) is 0 Å². The molecule has 2 saturated carbocycles. The third kappa shape index (κ3) is 3.64. The quantitative estimate of drug-likeness (QED) is 0.419. The smallest absolute Gasteiger partial charge is 0.240 e. The summed E-state index contributed by atoms with van der Waals surface area (Å²) in [7, 11) is 0. The summed E-state index contributed by atoms with van der Waals surface area (Å²) in [6, 6.07) is 0. The summed E-state index contributed by atoms with van der Waals surface area (Å²) in [5, 5.41) is 8.50. The third-order valence-electron chi connectivity index (χ3n) is 6.03. The van der Waals surface area contributed by atoms with E-state index in [1.807, 2.05) is 0 Å². The fraction of sp³-hybridized carbons (Fsp3) is 0.600. The van der Waals surface area contributed by atoms with Crippen molar-refractivity contribution in [3.8, 4) is 0 Å². The number of nitrogens with one attached hydrogen (secondary N) is 2. The second-order valence-corrected chi connectivity index (χ2v) is 7.76. The van der Waals surface area contributed by atoms with Crippen LogP contribution in [0.1, 0.15) is 51.4 Å². The molecule has 2 amide bonds. The van der Waals surface area contributed by atoms with Crippen molar-refractivity contribution in [3.05, 3.63) is 24.3 Å². The number of carbonyl (C=O) groups excluding carboxylic acids is 2. The van der Waals surface area contributed by atoms with E-state index in [1.54, 1.807) is 0 Å². The van der Waals surface area contributed by atoms with Gasteiger partial charge >= 0.3 is 0 Å². The second-order valence-electron chi connectivity index (χ2n) is 7.76. The molecular formula is C20H26N4O2. The van der Waals surface area contributed by atoms with Gasteiger partial charge in [-0.3, -0.25) is 9.59 Å². The molecule has 4 aliphatic rings. The van der Waals surface area contributed by atoms with Crippen LogP contribution in [0.25, 0.3) is 0 Å². The molecule has 0 bridgehead atoms. The molecule has 0 radical (unpaired) electrons. The number of rotatable bonds is 7. The number of unbranched alkanes of at least 4 members (excludes halogenated alkanes) is 1. The molecule has 0 spiro atoms. The molecule has 4 rings (SSSR count). The number of carbonyl (C=O) groups is 2. The molecule has 2 N–H and O–H groups in total. The van der Waals surface area contributed by atoms with Gasteiger partial charge in [-0.05, 0) is 50.4 Å². The van der Waals surface area contributed by atoms with Crippen molar-refractivity contribution in [1.29, 1.82) is 0 Å². The van der Waals surface area contributed by atoms with Crippen molar-refractivity contribution >= 4 is 23.2 Å². The van der Waals surface area contributed by atoms with E-state index in [1.165, 1.54) is 0 Å². The average molecular weight is 354 g/mol. The number of fused-ring (bicyclic) bond motifs is 2. The molecule has 6 nitrogen and oxygen atoms in total. The van der Waals surface area contributed by atoms with Gasteiger partial charge in [0.2, 0.25) is 11.8 Å². The molecule has 0 aliphatic heterocycles. The minimum atomic E-state index is -0.0678. The molecule has 0 saturated heterocycles. The van der Waals surface area contributed by atoms with Gasteiger partial charge in [-0.25, -0.2) is 10.9 Å². The van der Waals surface area contributed by atoms with Crippen LogP contribution >= 0.6 is 0 Å². The van der Waals surface area contributed by atoms with E-state index in [2.05, 4.69) is 45.4 Å². The van der Waals surface area contributed by atoms with Crippen LogP contribution in [-0.2, 0) is 9.59 Å². The number of hydrogen-bond donors (Lipinski definition) is 2. The summed E-state index contributed by atoms with van der Waals surface area (Å²) < 4.78 is 0. The van der Waals surface area contributed by atoms with E-state index in [0.29, 0.717) is 49.4 Å². The molecule has 0 aromatic carbocycles. The highest BCUT2D eigenvalue weighted by molar-refractivity contribution is 5.95. The van der Waals surface area contributed by atoms with Crippen molar-refractivity contribution in [2.45, 2.75) is 51.4 Å². The van der Waals surface area contributed by atoms with Crippen LogP contribution in [0.15, 0.2) is 34.5 Å². The second kappa shape index (κ2) is 7.56. The van der Waals surface area contributed by atoms with Crippen molar-refractivity contribution in [2.24, 2.45) is 33.9 Å². The minimum absolute atomic E-state index is 0.0678. The van der Waals surface area contributed by atoms with E-state index in [4.69, 9.17) is 0 Å². The van der Waals surface area contributed by atoms with Crippen LogP contribution in [-0.4, -0.2) is 23.2 Å². The van der Waals surface area contributed by atoms with E-state index in [-0.39, 0.29) is 11.8 Å². The van der Waals surface area contributed by atoms with Gasteiger partial charge in [0, 0.05) is 36.1 Å². The summed E-state index contributed by atoms with van der Waals surface area (Å²) in [5.74, 6) is 2.19. The summed E-state index contributed by atoms with van der Waals surface area (Å²) in [6.45, 7) is 0. The van der Waals surface area contributed by atoms with Gasteiger partial charge in [0.25, 0.3) is 0 Å². The Bertz CT molecular complexity index is 647. The highest BCUT2D eigenvalue weighted by Crippen LogP contribution is 2.40. The number of hydrogen-bond acceptors (Lipinski definition) is 4. The third-order valence-corrected chi connectivity index (χ3v) is 6.03. The highest BCUT2D eigenvalue weighted by atomic mass is 16.2. The van der Waals surface area contributed by atoms with Crippen LogP contribution in [0, 0.1) is 23.7 Å². The molecule has 2 fully saturated rings. The lowest BCUT2D eigenvalue weighted by molar-refractivity contribution is -0.123. The maximum Gasteiger partial charge on any atom is 0.240 e. The molecule has 138 valence electrons. The lowest BCUT2D eigenvalue weighted by Gasteiger charge is -2.31. The van der Waals surface area contributed by atoms with Gasteiger partial charge in [0.05, 0.1) is 0 Å². The summed E-state index contributed by atoms with van der Waals surface area (Å²) >= 11 is 0. The Morgan fingerprint density at radius 1 is 0.846 bits per heavy atom. The molecule has 26 heavy (non-hydrogen) atoms. The number of hydrazone groups is 2. The normalized spacial score (nSPS) is 33.5. The zero-order chi connectivity index (χ0) is 17.9. The topological polar surface area (TPSA) is 82.9 Å². The largest absolute Gasteiger partial charge is 0.273 e. The summed E-state index contributed by atoms with van der Waals surface area (Å²) in [4.78, 5) is 23.7. The van der Waals surface area contributed by atoms with Crippen LogP contribution in [0.4, 0.5) is 0 Å². The Kier molecular flexibility index (Phi) is 5.00. The molecule has 0 heterocycles. The molecule has 4 atom stereocenters. The van der Waals surface area contributed by atoms with Crippen LogP contribution in [0.3, 0.4) is 0 Å². The lowest BCUT2D eigenvalue weighted by Crippen LogP contribution is -2.35. The Labute approximate surface area is 153 Å². The van der Waals surface area contributed by atoms with E-state index in [0.717, 1.165) is 37.1 Å². The summed E-state index contributed by atoms with van der Waals surface area (Å²) in [6.07, 6.45) is 15.1. The van der Waals surface area contributed by atoms with Gasteiger partial charge in [0.1, 0.15) is 0 Å². The first-order valence-corrected chi connectivity index (χ1v) is 9.74. The first kappa shape index (κ1) is 17.2. The molecule has 0 unspecified atom stereocenters. The van der Waals surface area contributed by atoms with Gasteiger partial charge in [-0.2, -0.15) is 10.2 Å². The molecule has 6 heteroatoms. The Balaban J connectivity index is 1.06. The average Bonchev–Trinajstić information content (AvgIpc) is 3.15. The zero-order valence-corrected chi connectivity index (χ0v) is 15.0. The maximum absolute atomic E-state index is 11.8. The molecule has 0 aromatic rings. The van der Waals surface area contributed by atoms with Gasteiger partial charge in [-0.15, -0.1) is 0 Å². The molecule has 4 aliphatic carbocycles. The Morgan fingerprint density at radius 3 is 1.73 bits per heavy atom. The van der Waals surface area contributed by atoms with E-state index >= 15 is 0 Å². The first-order chi connectivity index (χ1) is 12.7. The fourth-order valence-electron chi connectivity index (χ4n) is 4.28. The SMILES string of the molecule is O=C(CCCCC(=O)N/N=C1\C[C@H]2C=CC[C@H]12)N/N=C1/C[C@H]2C=CC[C@H]12. The maximum atomic E-state index is 11.8. The minimum Gasteiger partial charge on any atom is -0.273 e. The summed E-state index contributed by atoms with van der Waals surface area (Å²) in [5.41, 5.74) is 7.54.